The maximum absolute atomic E-state index is 9.50. The summed E-state index contributed by atoms with van der Waals surface area (Å²) >= 11 is 0. The minimum absolute atomic E-state index is 0.0120. The monoisotopic (exact) mass is 239 g/mol. The van der Waals surface area contributed by atoms with Gasteiger partial charge in [-0.05, 0) is 63.3 Å². The molecule has 0 heterocycles. The molecule has 0 bridgehead atoms. The van der Waals surface area contributed by atoms with Crippen molar-refractivity contribution in [2.45, 2.75) is 76.9 Å². The van der Waals surface area contributed by atoms with E-state index in [2.05, 4.69) is 12.2 Å². The minimum atomic E-state index is -0.0120. The van der Waals surface area contributed by atoms with Crippen molar-refractivity contribution in [3.05, 3.63) is 0 Å². The molecule has 2 nitrogen and oxygen atoms in total. The molecule has 0 aliphatic heterocycles. The Kier molecular flexibility index (Phi) is 5.30. The van der Waals surface area contributed by atoms with E-state index >= 15 is 0 Å². The summed E-state index contributed by atoms with van der Waals surface area (Å²) in [5.41, 5.74) is 0. The molecule has 2 saturated carbocycles. The van der Waals surface area contributed by atoms with E-state index in [-0.39, 0.29) is 6.10 Å². The second kappa shape index (κ2) is 6.75. The highest BCUT2D eigenvalue weighted by molar-refractivity contribution is 4.81. The number of aliphatic hydroxyl groups is 1. The number of nitrogens with one attached hydrogen (secondary N) is 1. The molecule has 0 saturated heterocycles. The van der Waals surface area contributed by atoms with Gasteiger partial charge < -0.3 is 10.4 Å². The summed E-state index contributed by atoms with van der Waals surface area (Å²) < 4.78 is 0. The van der Waals surface area contributed by atoms with E-state index in [0.717, 1.165) is 37.3 Å². The summed E-state index contributed by atoms with van der Waals surface area (Å²) in [6, 6.07) is 0.765. The third-order valence-corrected chi connectivity index (χ3v) is 4.75. The quantitative estimate of drug-likeness (QED) is 0.772. The van der Waals surface area contributed by atoms with Crippen LogP contribution in [0.15, 0.2) is 0 Å². The Morgan fingerprint density at radius 2 is 1.71 bits per heavy atom. The van der Waals surface area contributed by atoms with Crippen LogP contribution in [0.5, 0.6) is 0 Å². The molecule has 2 atom stereocenters. The second-order valence-electron chi connectivity index (χ2n) is 6.25. The van der Waals surface area contributed by atoms with Gasteiger partial charge in [0.25, 0.3) is 0 Å². The fourth-order valence-corrected chi connectivity index (χ4v) is 3.63. The van der Waals surface area contributed by atoms with Gasteiger partial charge in [-0.2, -0.15) is 0 Å². The SMILES string of the molecule is CCCC1CCC(NCC2CCC(O)C2)CC1. The third kappa shape index (κ3) is 4.26. The van der Waals surface area contributed by atoms with Crippen LogP contribution in [0, 0.1) is 11.8 Å². The number of hydrogen-bond acceptors (Lipinski definition) is 2. The zero-order valence-electron chi connectivity index (χ0n) is 11.3. The normalized spacial score (nSPS) is 38.5. The zero-order valence-corrected chi connectivity index (χ0v) is 11.3. The number of aliphatic hydroxyl groups excluding tert-OH is 1. The van der Waals surface area contributed by atoms with Crippen LogP contribution in [0.4, 0.5) is 0 Å². The molecule has 0 aromatic heterocycles. The van der Waals surface area contributed by atoms with Gasteiger partial charge >= 0.3 is 0 Å². The Morgan fingerprint density at radius 3 is 2.29 bits per heavy atom. The molecule has 2 aliphatic rings. The first-order valence-corrected chi connectivity index (χ1v) is 7.69. The Hall–Kier alpha value is -0.0800. The van der Waals surface area contributed by atoms with E-state index in [1.54, 1.807) is 0 Å². The lowest BCUT2D eigenvalue weighted by atomic mass is 9.83. The van der Waals surface area contributed by atoms with Crippen molar-refractivity contribution in [2.75, 3.05) is 6.54 Å². The Morgan fingerprint density at radius 1 is 1.00 bits per heavy atom. The average molecular weight is 239 g/mol. The van der Waals surface area contributed by atoms with E-state index in [0.29, 0.717) is 0 Å². The van der Waals surface area contributed by atoms with Gasteiger partial charge in [-0.25, -0.2) is 0 Å². The lowest BCUT2D eigenvalue weighted by Gasteiger charge is -2.29. The fourth-order valence-electron chi connectivity index (χ4n) is 3.63. The molecule has 2 fully saturated rings. The Labute approximate surface area is 106 Å². The molecule has 2 N–H and O–H groups in total. The molecule has 100 valence electrons. The van der Waals surface area contributed by atoms with Gasteiger partial charge in [0, 0.05) is 6.04 Å². The van der Waals surface area contributed by atoms with Gasteiger partial charge in [-0.15, -0.1) is 0 Å². The van der Waals surface area contributed by atoms with Crippen molar-refractivity contribution in [2.24, 2.45) is 11.8 Å². The Bertz CT molecular complexity index is 211. The van der Waals surface area contributed by atoms with Crippen LogP contribution in [-0.2, 0) is 0 Å². The van der Waals surface area contributed by atoms with Crippen LogP contribution in [0.2, 0.25) is 0 Å². The van der Waals surface area contributed by atoms with Crippen LogP contribution >= 0.6 is 0 Å². The molecule has 0 spiro atoms. The van der Waals surface area contributed by atoms with Crippen LogP contribution in [0.3, 0.4) is 0 Å². The summed E-state index contributed by atoms with van der Waals surface area (Å²) in [7, 11) is 0. The van der Waals surface area contributed by atoms with Crippen LogP contribution < -0.4 is 5.32 Å². The fraction of sp³-hybridized carbons (Fsp3) is 1.00. The minimum Gasteiger partial charge on any atom is -0.393 e. The van der Waals surface area contributed by atoms with Crippen molar-refractivity contribution in [3.63, 3.8) is 0 Å². The Balaban J connectivity index is 1.58. The lowest BCUT2D eigenvalue weighted by Crippen LogP contribution is -2.36. The van der Waals surface area contributed by atoms with E-state index in [1.807, 2.05) is 0 Å². The molecule has 2 aliphatic carbocycles. The smallest absolute Gasteiger partial charge is 0.0543 e. The van der Waals surface area contributed by atoms with Crippen LogP contribution in [0.1, 0.15) is 64.7 Å². The van der Waals surface area contributed by atoms with Crippen molar-refractivity contribution in [1.29, 1.82) is 0 Å². The summed E-state index contributed by atoms with van der Waals surface area (Å²) in [4.78, 5) is 0. The zero-order chi connectivity index (χ0) is 12.1. The number of hydrogen-bond donors (Lipinski definition) is 2. The molecule has 17 heavy (non-hydrogen) atoms. The van der Waals surface area contributed by atoms with E-state index in [4.69, 9.17) is 0 Å². The van der Waals surface area contributed by atoms with Gasteiger partial charge in [0.15, 0.2) is 0 Å². The molecule has 2 unspecified atom stereocenters. The topological polar surface area (TPSA) is 32.3 Å². The molecule has 0 radical (unpaired) electrons. The molecule has 0 amide bonds. The maximum atomic E-state index is 9.50. The van der Waals surface area contributed by atoms with Crippen molar-refractivity contribution >= 4 is 0 Å². The average Bonchev–Trinajstić information content (AvgIpc) is 2.75. The van der Waals surface area contributed by atoms with Crippen LogP contribution in [0.25, 0.3) is 0 Å². The standard InChI is InChI=1S/C15H29NO/c1-2-3-12-4-7-14(8-5-12)16-11-13-6-9-15(17)10-13/h12-17H,2-11H2,1H3. The van der Waals surface area contributed by atoms with Gasteiger partial charge in [-0.3, -0.25) is 0 Å². The first-order chi connectivity index (χ1) is 8.28. The summed E-state index contributed by atoms with van der Waals surface area (Å²) in [5, 5.41) is 13.2. The van der Waals surface area contributed by atoms with E-state index in [1.165, 1.54) is 44.9 Å². The molecular formula is C15H29NO. The second-order valence-corrected chi connectivity index (χ2v) is 6.25. The van der Waals surface area contributed by atoms with Crippen molar-refractivity contribution in [3.8, 4) is 0 Å². The van der Waals surface area contributed by atoms with Gasteiger partial charge in [-0.1, -0.05) is 19.8 Å². The highest BCUT2D eigenvalue weighted by Crippen LogP contribution is 2.29. The van der Waals surface area contributed by atoms with E-state index < -0.39 is 0 Å². The van der Waals surface area contributed by atoms with Crippen molar-refractivity contribution in [1.82, 2.24) is 5.32 Å². The highest BCUT2D eigenvalue weighted by Gasteiger charge is 2.25. The molecule has 0 aromatic carbocycles. The van der Waals surface area contributed by atoms with Gasteiger partial charge in [0.2, 0.25) is 0 Å². The molecule has 0 aromatic rings. The molecule has 2 rings (SSSR count). The predicted molar refractivity (Wildman–Crippen MR) is 72.0 cm³/mol. The van der Waals surface area contributed by atoms with E-state index in [9.17, 15) is 5.11 Å². The summed E-state index contributed by atoms with van der Waals surface area (Å²) in [5.74, 6) is 1.74. The molecule has 2 heteroatoms. The highest BCUT2D eigenvalue weighted by atomic mass is 16.3. The first kappa shape index (κ1) is 13.4. The predicted octanol–water partition coefficient (Wildman–Crippen LogP) is 3.10. The molecular weight excluding hydrogens is 210 g/mol. The maximum Gasteiger partial charge on any atom is 0.0543 e. The third-order valence-electron chi connectivity index (χ3n) is 4.75. The first-order valence-electron chi connectivity index (χ1n) is 7.69. The summed E-state index contributed by atoms with van der Waals surface area (Å²) in [6.07, 6.45) is 11.6. The van der Waals surface area contributed by atoms with Gasteiger partial charge in [0.05, 0.1) is 6.10 Å². The van der Waals surface area contributed by atoms with Crippen LogP contribution in [-0.4, -0.2) is 23.8 Å². The lowest BCUT2D eigenvalue weighted by molar-refractivity contribution is 0.176. The number of rotatable bonds is 5. The largest absolute Gasteiger partial charge is 0.393 e. The summed E-state index contributed by atoms with van der Waals surface area (Å²) in [6.45, 7) is 3.44. The van der Waals surface area contributed by atoms with Gasteiger partial charge in [0.1, 0.15) is 0 Å². The van der Waals surface area contributed by atoms with Crippen molar-refractivity contribution < 1.29 is 5.11 Å².